The molecule has 238 valence electrons. The average molecular weight is 635 g/mol. The fraction of sp³-hybridized carbons (Fsp3) is 0.312. The minimum Gasteiger partial charge on any atom is -0.461 e. The summed E-state index contributed by atoms with van der Waals surface area (Å²) >= 11 is 0. The molecule has 0 aromatic heterocycles. The van der Waals surface area contributed by atoms with E-state index < -0.39 is 22.0 Å². The summed E-state index contributed by atoms with van der Waals surface area (Å²) in [6.45, 7) is 0.808. The number of nitrogens with two attached hydrogens (primary N) is 2. The summed E-state index contributed by atoms with van der Waals surface area (Å²) in [6.07, 6.45) is 0.824. The third-order valence-electron chi connectivity index (χ3n) is 7.44. The van der Waals surface area contributed by atoms with Crippen LogP contribution in [0.25, 0.3) is 0 Å². The number of nitrogens with one attached hydrogen (secondary N) is 3. The summed E-state index contributed by atoms with van der Waals surface area (Å²) in [5.74, 6) is -1.67. The molecule has 0 spiro atoms. The minimum atomic E-state index is -4.23. The number of nitrogens with zero attached hydrogens (tertiary/aromatic N) is 1. The molecule has 12 nitrogen and oxygen atoms in total. The van der Waals surface area contributed by atoms with Crippen LogP contribution in [0.5, 0.6) is 0 Å². The molecular weight excluding hydrogens is 596 g/mol. The summed E-state index contributed by atoms with van der Waals surface area (Å²) in [5, 5.41) is 10.4. The van der Waals surface area contributed by atoms with Gasteiger partial charge in [-0.3, -0.25) is 19.8 Å². The van der Waals surface area contributed by atoms with E-state index in [1.807, 2.05) is 30.3 Å². The number of esters is 1. The number of hydrogen-bond donors (Lipinski definition) is 5. The van der Waals surface area contributed by atoms with E-state index in [0.717, 1.165) is 5.56 Å². The van der Waals surface area contributed by atoms with E-state index in [0.29, 0.717) is 24.0 Å². The van der Waals surface area contributed by atoms with Crippen molar-refractivity contribution in [3.63, 3.8) is 0 Å². The van der Waals surface area contributed by atoms with Gasteiger partial charge in [-0.15, -0.1) is 0 Å². The lowest BCUT2D eigenvalue weighted by Gasteiger charge is -2.33. The van der Waals surface area contributed by atoms with Crippen molar-refractivity contribution in [2.75, 3.05) is 25.0 Å². The molecule has 0 unspecified atom stereocenters. The highest BCUT2D eigenvalue weighted by Crippen LogP contribution is 2.22. The number of nitrogen functional groups attached to an aromatic ring is 1. The number of anilines is 1. The quantitative estimate of drug-likeness (QED) is 0.107. The monoisotopic (exact) mass is 634 g/mol. The number of amidine groups is 1. The lowest BCUT2D eigenvalue weighted by molar-refractivity contribution is -0.153. The van der Waals surface area contributed by atoms with E-state index in [-0.39, 0.29) is 73.3 Å². The van der Waals surface area contributed by atoms with Crippen LogP contribution in [0.4, 0.5) is 5.69 Å². The molecule has 1 atom stereocenters. The number of rotatable bonds is 13. The summed E-state index contributed by atoms with van der Waals surface area (Å²) in [4.78, 5) is 40.0. The van der Waals surface area contributed by atoms with Crippen LogP contribution < -0.4 is 21.5 Å². The van der Waals surface area contributed by atoms with Gasteiger partial charge in [0.25, 0.3) is 0 Å². The Morgan fingerprint density at radius 1 is 0.956 bits per heavy atom. The number of piperidine rings is 1. The van der Waals surface area contributed by atoms with Crippen LogP contribution in [0.15, 0.2) is 83.8 Å². The molecular formula is C32H38N6O6S. The van der Waals surface area contributed by atoms with E-state index >= 15 is 0 Å². The Hall–Kier alpha value is -4.59. The van der Waals surface area contributed by atoms with Crippen LogP contribution in [-0.4, -0.2) is 62.6 Å². The Morgan fingerprint density at radius 3 is 2.33 bits per heavy atom. The number of hydrogen-bond acceptors (Lipinski definition) is 8. The van der Waals surface area contributed by atoms with Gasteiger partial charge in [-0.1, -0.05) is 54.6 Å². The van der Waals surface area contributed by atoms with Crippen LogP contribution in [0, 0.1) is 11.3 Å². The van der Waals surface area contributed by atoms with Crippen molar-refractivity contribution in [2.45, 2.75) is 43.2 Å². The molecule has 3 aromatic rings. The third kappa shape index (κ3) is 9.45. The molecule has 1 fully saturated rings. The average Bonchev–Trinajstić information content (AvgIpc) is 3.04. The Balaban J connectivity index is 1.48. The molecule has 0 bridgehead atoms. The van der Waals surface area contributed by atoms with Gasteiger partial charge in [0.1, 0.15) is 18.5 Å². The van der Waals surface area contributed by atoms with Crippen molar-refractivity contribution < 1.29 is 27.5 Å². The number of sulfonamides is 1. The van der Waals surface area contributed by atoms with Gasteiger partial charge < -0.3 is 26.4 Å². The van der Waals surface area contributed by atoms with Crippen LogP contribution in [0.2, 0.25) is 0 Å². The number of likely N-dealkylation sites (tertiary alicyclic amines) is 1. The van der Waals surface area contributed by atoms with E-state index in [1.54, 1.807) is 35.2 Å². The van der Waals surface area contributed by atoms with Gasteiger partial charge >= 0.3 is 5.97 Å². The largest absolute Gasteiger partial charge is 0.461 e. The molecule has 45 heavy (non-hydrogen) atoms. The maximum absolute atomic E-state index is 13.8. The van der Waals surface area contributed by atoms with Gasteiger partial charge in [-0.25, -0.2) is 8.42 Å². The van der Waals surface area contributed by atoms with Gasteiger partial charge in [-0.05, 0) is 54.7 Å². The molecule has 4 rings (SSSR count). The van der Waals surface area contributed by atoms with Crippen molar-refractivity contribution in [1.82, 2.24) is 9.62 Å². The number of carbonyl (C=O) groups is 3. The standard InChI is InChI=1S/C32H38N6O6S/c33-15-12-29(39)36-26-10-5-11-27(20-26)45(42,43)37-28(19-23-8-4-9-25(18-23)30(34)35)31(40)38-16-13-24(14-17-38)32(41)44-21-22-6-2-1-3-7-22/h1-11,18,20,24,28,37H,12-17,19,21,33H2,(H3,34,35)(H,36,39)/t28-/m0/s1. The van der Waals surface area contributed by atoms with E-state index in [9.17, 15) is 22.8 Å². The topological polar surface area (TPSA) is 198 Å². The summed E-state index contributed by atoms with van der Waals surface area (Å²) in [5.41, 5.74) is 13.3. The predicted molar refractivity (Wildman–Crippen MR) is 170 cm³/mol. The molecule has 1 aliphatic heterocycles. The second-order valence-electron chi connectivity index (χ2n) is 10.8. The predicted octanol–water partition coefficient (Wildman–Crippen LogP) is 2.13. The van der Waals surface area contributed by atoms with Crippen LogP contribution in [0.1, 0.15) is 36.0 Å². The van der Waals surface area contributed by atoms with Crippen LogP contribution in [-0.2, 0) is 42.2 Å². The molecule has 0 saturated carbocycles. The highest BCUT2D eigenvalue weighted by Gasteiger charge is 2.34. The van der Waals surface area contributed by atoms with Crippen molar-refractivity contribution >= 4 is 39.3 Å². The van der Waals surface area contributed by atoms with E-state index in [2.05, 4.69) is 10.0 Å². The molecule has 7 N–H and O–H groups in total. The Labute approximate surface area is 262 Å². The van der Waals surface area contributed by atoms with Crippen LogP contribution >= 0.6 is 0 Å². The lowest BCUT2D eigenvalue weighted by Crippen LogP contribution is -2.52. The van der Waals surface area contributed by atoms with E-state index in [4.69, 9.17) is 21.6 Å². The summed E-state index contributed by atoms with van der Waals surface area (Å²) in [6, 6.07) is 20.6. The zero-order chi connectivity index (χ0) is 32.4. The number of benzene rings is 3. The van der Waals surface area contributed by atoms with Gasteiger partial charge in [0.05, 0.1) is 10.8 Å². The third-order valence-corrected chi connectivity index (χ3v) is 8.91. The molecule has 13 heteroatoms. The Bertz CT molecular complexity index is 1620. The molecule has 0 radical (unpaired) electrons. The van der Waals surface area contributed by atoms with Gasteiger partial charge in [0, 0.05) is 37.3 Å². The smallest absolute Gasteiger partial charge is 0.309 e. The Morgan fingerprint density at radius 2 is 1.64 bits per heavy atom. The van der Waals surface area contributed by atoms with E-state index in [1.165, 1.54) is 18.2 Å². The Kier molecular flexibility index (Phi) is 11.4. The fourth-order valence-electron chi connectivity index (χ4n) is 5.03. The maximum atomic E-state index is 13.8. The fourth-order valence-corrected chi connectivity index (χ4v) is 6.27. The molecule has 2 amide bonds. The first-order valence-corrected chi connectivity index (χ1v) is 16.1. The van der Waals surface area contributed by atoms with Crippen LogP contribution in [0.3, 0.4) is 0 Å². The van der Waals surface area contributed by atoms with Gasteiger partial charge in [0.2, 0.25) is 21.8 Å². The number of ether oxygens (including phenoxy) is 1. The van der Waals surface area contributed by atoms with Gasteiger partial charge in [0.15, 0.2) is 0 Å². The zero-order valence-corrected chi connectivity index (χ0v) is 25.6. The summed E-state index contributed by atoms with van der Waals surface area (Å²) < 4.78 is 35.2. The number of carbonyl (C=O) groups excluding carboxylic acids is 3. The first-order chi connectivity index (χ1) is 21.6. The zero-order valence-electron chi connectivity index (χ0n) is 24.8. The van der Waals surface area contributed by atoms with Crippen molar-refractivity contribution in [3.8, 4) is 0 Å². The van der Waals surface area contributed by atoms with Crippen molar-refractivity contribution in [3.05, 3.63) is 95.6 Å². The first kappa shape index (κ1) is 33.3. The minimum absolute atomic E-state index is 0.00877. The highest BCUT2D eigenvalue weighted by molar-refractivity contribution is 7.89. The SMILES string of the molecule is N=C(N)c1cccc(C[C@H](NS(=O)(=O)c2cccc(NC(=O)CCN)c2)C(=O)N2CCC(C(=O)OCc3ccccc3)CC2)c1. The first-order valence-electron chi connectivity index (χ1n) is 14.6. The molecule has 1 heterocycles. The normalized spacial score (nSPS) is 14.4. The molecule has 1 saturated heterocycles. The second-order valence-corrected chi connectivity index (χ2v) is 12.5. The molecule has 0 aliphatic carbocycles. The maximum Gasteiger partial charge on any atom is 0.309 e. The summed E-state index contributed by atoms with van der Waals surface area (Å²) in [7, 11) is -4.23. The lowest BCUT2D eigenvalue weighted by atomic mass is 9.95. The highest BCUT2D eigenvalue weighted by atomic mass is 32.2. The van der Waals surface area contributed by atoms with Crippen molar-refractivity contribution in [2.24, 2.45) is 17.4 Å². The molecule has 1 aliphatic rings. The van der Waals surface area contributed by atoms with Gasteiger partial charge in [-0.2, -0.15) is 4.72 Å². The molecule has 3 aromatic carbocycles. The number of amides is 2. The second kappa shape index (κ2) is 15.4. The van der Waals surface area contributed by atoms with Crippen molar-refractivity contribution in [1.29, 1.82) is 5.41 Å².